The first-order chi connectivity index (χ1) is 9.62. The van der Waals surface area contributed by atoms with Crippen molar-refractivity contribution in [1.82, 2.24) is 0 Å². The lowest BCUT2D eigenvalue weighted by Gasteiger charge is -2.05. The van der Waals surface area contributed by atoms with E-state index in [1.165, 1.54) is 32.4 Å². The van der Waals surface area contributed by atoms with Crippen LogP contribution >= 0.6 is 0 Å². The van der Waals surface area contributed by atoms with Gasteiger partial charge >= 0.3 is 5.97 Å². The van der Waals surface area contributed by atoms with Gasteiger partial charge in [-0.05, 0) is 23.8 Å². The van der Waals surface area contributed by atoms with Crippen LogP contribution in [0.2, 0.25) is 0 Å². The Kier molecular flexibility index (Phi) is 6.07. The second-order valence-electron chi connectivity index (χ2n) is 3.73. The first-order valence-electron chi connectivity index (χ1n) is 5.77. The molecular weight excluding hydrogens is 262 g/mol. The Balaban J connectivity index is 2.86. The smallest absolute Gasteiger partial charge is 0.348 e. The molecule has 0 aliphatic carbocycles. The minimum Gasteiger partial charge on any atom is -0.504 e. The highest BCUT2D eigenvalue weighted by molar-refractivity contribution is 5.97. The van der Waals surface area contributed by atoms with Gasteiger partial charge in [-0.1, -0.05) is 6.07 Å². The molecule has 1 N–H and O–H groups in total. The molecule has 0 radical (unpaired) electrons. The Bertz CT molecular complexity index is 545. The fourth-order valence-electron chi connectivity index (χ4n) is 1.40. The molecule has 106 valence electrons. The van der Waals surface area contributed by atoms with Gasteiger partial charge in [-0.15, -0.1) is 0 Å². The molecule has 6 nitrogen and oxygen atoms in total. The summed E-state index contributed by atoms with van der Waals surface area (Å²) in [4.78, 5) is 11.6. The van der Waals surface area contributed by atoms with Crippen LogP contribution < -0.4 is 4.74 Å². The number of benzene rings is 1. The topological polar surface area (TPSA) is 88.8 Å². The number of carbonyl (C=O) groups is 1. The van der Waals surface area contributed by atoms with Crippen LogP contribution in [-0.4, -0.2) is 38.5 Å². The van der Waals surface area contributed by atoms with Gasteiger partial charge in [0.15, 0.2) is 11.5 Å². The zero-order valence-electron chi connectivity index (χ0n) is 11.3. The minimum absolute atomic E-state index is 0.0716. The van der Waals surface area contributed by atoms with Crippen molar-refractivity contribution in [2.45, 2.75) is 0 Å². The van der Waals surface area contributed by atoms with Crippen LogP contribution in [0.5, 0.6) is 11.5 Å². The maximum absolute atomic E-state index is 11.6. The fraction of sp³-hybridized carbons (Fsp3) is 0.286. The molecular formula is C14H15NO5. The number of hydrogen-bond donors (Lipinski definition) is 1. The molecule has 1 aromatic rings. The molecule has 20 heavy (non-hydrogen) atoms. The second kappa shape index (κ2) is 7.81. The average molecular weight is 277 g/mol. The van der Waals surface area contributed by atoms with Crippen molar-refractivity contribution in [2.75, 3.05) is 27.4 Å². The molecule has 0 unspecified atom stereocenters. The van der Waals surface area contributed by atoms with Crippen molar-refractivity contribution >= 4 is 12.0 Å². The molecule has 0 bridgehead atoms. The molecule has 0 heterocycles. The standard InChI is InChI=1S/C14H15NO5/c1-18-5-6-20-14(17)11(9-15)7-10-3-4-13(19-2)12(16)8-10/h3-4,7-8,16H,5-6H2,1-2H3/b11-7+. The van der Waals surface area contributed by atoms with Gasteiger partial charge in [0, 0.05) is 7.11 Å². The van der Waals surface area contributed by atoms with Crippen LogP contribution in [0.3, 0.4) is 0 Å². The van der Waals surface area contributed by atoms with E-state index >= 15 is 0 Å². The SMILES string of the molecule is COCCOC(=O)/C(C#N)=C/c1ccc(OC)c(O)c1. The first-order valence-corrected chi connectivity index (χ1v) is 5.77. The van der Waals surface area contributed by atoms with Crippen molar-refractivity contribution in [3.05, 3.63) is 29.3 Å². The predicted octanol–water partition coefficient (Wildman–Crippen LogP) is 1.50. The molecule has 0 atom stereocenters. The van der Waals surface area contributed by atoms with E-state index in [4.69, 9.17) is 19.5 Å². The summed E-state index contributed by atoms with van der Waals surface area (Å²) in [7, 11) is 2.91. The number of phenolic OH excluding ortho intramolecular Hbond substituents is 1. The number of nitriles is 1. The van der Waals surface area contributed by atoms with Crippen LogP contribution in [0.1, 0.15) is 5.56 Å². The lowest BCUT2D eigenvalue weighted by atomic mass is 10.1. The number of hydrogen-bond acceptors (Lipinski definition) is 6. The third kappa shape index (κ3) is 4.30. The highest BCUT2D eigenvalue weighted by Gasteiger charge is 2.11. The van der Waals surface area contributed by atoms with Crippen LogP contribution in [-0.2, 0) is 14.3 Å². The number of methoxy groups -OCH3 is 2. The third-order valence-electron chi connectivity index (χ3n) is 2.37. The van der Waals surface area contributed by atoms with Gasteiger partial charge in [0.05, 0.1) is 13.7 Å². The fourth-order valence-corrected chi connectivity index (χ4v) is 1.40. The van der Waals surface area contributed by atoms with Crippen molar-refractivity contribution < 1.29 is 24.1 Å². The van der Waals surface area contributed by atoms with E-state index in [0.29, 0.717) is 11.3 Å². The maximum atomic E-state index is 11.6. The molecule has 0 aliphatic heterocycles. The lowest BCUT2D eigenvalue weighted by molar-refractivity contribution is -0.139. The quantitative estimate of drug-likeness (QED) is 0.367. The number of rotatable bonds is 6. The molecule has 0 aliphatic rings. The zero-order valence-corrected chi connectivity index (χ0v) is 11.3. The molecule has 0 amide bonds. The summed E-state index contributed by atoms with van der Waals surface area (Å²) in [6, 6.07) is 6.29. The van der Waals surface area contributed by atoms with Crippen LogP contribution in [0.4, 0.5) is 0 Å². The maximum Gasteiger partial charge on any atom is 0.348 e. The van der Waals surface area contributed by atoms with E-state index in [-0.39, 0.29) is 24.5 Å². The largest absolute Gasteiger partial charge is 0.504 e. The Hall–Kier alpha value is -2.52. The van der Waals surface area contributed by atoms with E-state index in [9.17, 15) is 9.90 Å². The first kappa shape index (κ1) is 15.5. The van der Waals surface area contributed by atoms with Gasteiger partial charge in [0.1, 0.15) is 18.2 Å². The Morgan fingerprint density at radius 2 is 2.15 bits per heavy atom. The van der Waals surface area contributed by atoms with Crippen molar-refractivity contribution in [1.29, 1.82) is 5.26 Å². The highest BCUT2D eigenvalue weighted by Crippen LogP contribution is 2.27. The minimum atomic E-state index is -0.736. The second-order valence-corrected chi connectivity index (χ2v) is 3.73. The van der Waals surface area contributed by atoms with Gasteiger partial charge in [0.2, 0.25) is 0 Å². The summed E-state index contributed by atoms with van der Waals surface area (Å²) < 4.78 is 14.5. The summed E-state index contributed by atoms with van der Waals surface area (Å²) in [5.74, 6) is -0.505. The molecule has 1 rings (SSSR count). The van der Waals surface area contributed by atoms with Gasteiger partial charge < -0.3 is 19.3 Å². The molecule has 6 heteroatoms. The summed E-state index contributed by atoms with van der Waals surface area (Å²) in [5, 5.41) is 18.6. The molecule has 0 fully saturated rings. The number of aromatic hydroxyl groups is 1. The summed E-state index contributed by atoms with van der Waals surface area (Å²) in [6.45, 7) is 0.329. The molecule has 0 saturated heterocycles. The molecule has 0 saturated carbocycles. The van der Waals surface area contributed by atoms with E-state index in [0.717, 1.165) is 0 Å². The number of carbonyl (C=O) groups excluding carboxylic acids is 1. The summed E-state index contributed by atoms with van der Waals surface area (Å²) in [6.07, 6.45) is 1.33. The van der Waals surface area contributed by atoms with Crippen molar-refractivity contribution in [2.24, 2.45) is 0 Å². The van der Waals surface area contributed by atoms with Crippen LogP contribution in [0.25, 0.3) is 6.08 Å². The summed E-state index contributed by atoms with van der Waals surface area (Å²) >= 11 is 0. The van der Waals surface area contributed by atoms with E-state index in [2.05, 4.69) is 0 Å². The van der Waals surface area contributed by atoms with E-state index in [1.807, 2.05) is 0 Å². The number of nitrogens with zero attached hydrogens (tertiary/aromatic N) is 1. The Labute approximate surface area is 116 Å². The van der Waals surface area contributed by atoms with Gasteiger partial charge in [-0.2, -0.15) is 5.26 Å². The van der Waals surface area contributed by atoms with Crippen LogP contribution in [0.15, 0.2) is 23.8 Å². The highest BCUT2D eigenvalue weighted by atomic mass is 16.6. The zero-order chi connectivity index (χ0) is 15.0. The monoisotopic (exact) mass is 277 g/mol. The third-order valence-corrected chi connectivity index (χ3v) is 2.37. The van der Waals surface area contributed by atoms with Crippen molar-refractivity contribution in [3.63, 3.8) is 0 Å². The van der Waals surface area contributed by atoms with Gasteiger partial charge in [-0.3, -0.25) is 0 Å². The Morgan fingerprint density at radius 3 is 2.70 bits per heavy atom. The van der Waals surface area contributed by atoms with Crippen LogP contribution in [0, 0.1) is 11.3 Å². The molecule has 0 spiro atoms. The van der Waals surface area contributed by atoms with E-state index in [1.54, 1.807) is 12.1 Å². The van der Waals surface area contributed by atoms with Crippen molar-refractivity contribution in [3.8, 4) is 17.6 Å². The van der Waals surface area contributed by atoms with Gasteiger partial charge in [0.25, 0.3) is 0 Å². The average Bonchev–Trinajstić information content (AvgIpc) is 2.45. The van der Waals surface area contributed by atoms with E-state index < -0.39 is 5.97 Å². The van der Waals surface area contributed by atoms with Gasteiger partial charge in [-0.25, -0.2) is 4.79 Å². The molecule has 1 aromatic carbocycles. The lowest BCUT2D eigenvalue weighted by Crippen LogP contribution is -2.11. The number of esters is 1. The normalized spacial score (nSPS) is 10.8. The summed E-state index contributed by atoms with van der Waals surface area (Å²) in [5.41, 5.74) is 0.328. The number of ether oxygens (including phenoxy) is 3. The predicted molar refractivity (Wildman–Crippen MR) is 71.1 cm³/mol. The Morgan fingerprint density at radius 1 is 1.40 bits per heavy atom. The molecule has 0 aromatic heterocycles. The number of phenols is 1.